The Balaban J connectivity index is 2.08. The van der Waals surface area contributed by atoms with Gasteiger partial charge >= 0.3 is 0 Å². The van der Waals surface area contributed by atoms with Gasteiger partial charge in [0, 0.05) is 12.2 Å². The molecule has 0 bridgehead atoms. The summed E-state index contributed by atoms with van der Waals surface area (Å²) in [5, 5.41) is 3.43. The van der Waals surface area contributed by atoms with E-state index in [9.17, 15) is 0 Å². The third-order valence-electron chi connectivity index (χ3n) is 2.97. The van der Waals surface area contributed by atoms with Crippen molar-refractivity contribution in [3.05, 3.63) is 65.2 Å². The lowest BCUT2D eigenvalue weighted by molar-refractivity contribution is 1.10. The fourth-order valence-corrected chi connectivity index (χ4v) is 1.76. The first kappa shape index (κ1) is 10.7. The van der Waals surface area contributed by atoms with E-state index in [1.54, 1.807) is 0 Å². The number of rotatable bonds is 3. The van der Waals surface area contributed by atoms with Gasteiger partial charge in [0.15, 0.2) is 0 Å². The molecule has 0 saturated carbocycles. The van der Waals surface area contributed by atoms with Gasteiger partial charge in [-0.25, -0.2) is 0 Å². The normalized spacial score (nSPS) is 10.1. The van der Waals surface area contributed by atoms with E-state index in [0.29, 0.717) is 0 Å². The first-order valence-electron chi connectivity index (χ1n) is 5.61. The molecule has 2 rings (SSSR count). The lowest BCUT2D eigenvalue weighted by atomic mass is 10.0. The minimum atomic E-state index is 0.886. The van der Waals surface area contributed by atoms with E-state index >= 15 is 0 Å². The van der Waals surface area contributed by atoms with E-state index in [0.717, 1.165) is 6.54 Å². The molecule has 0 heterocycles. The highest BCUT2D eigenvalue weighted by molar-refractivity contribution is 5.44. The van der Waals surface area contributed by atoms with Gasteiger partial charge < -0.3 is 5.32 Å². The minimum absolute atomic E-state index is 0.886. The molecule has 0 saturated heterocycles. The molecule has 0 aliphatic carbocycles. The molecule has 0 fully saturated rings. The summed E-state index contributed by atoms with van der Waals surface area (Å²) in [6, 6.07) is 16.8. The van der Waals surface area contributed by atoms with Crippen molar-refractivity contribution in [2.24, 2.45) is 0 Å². The number of anilines is 1. The summed E-state index contributed by atoms with van der Waals surface area (Å²) in [6.45, 7) is 5.22. The highest BCUT2D eigenvalue weighted by Gasteiger charge is 1.99. The predicted molar refractivity (Wildman–Crippen MR) is 69.7 cm³/mol. The van der Waals surface area contributed by atoms with E-state index in [-0.39, 0.29) is 0 Å². The standard InChI is InChI=1S/C15H17N/c1-12-7-6-8-14(13(12)2)11-16-15-9-4-3-5-10-15/h3-10,16H,11H2,1-2H3. The maximum atomic E-state index is 3.43. The molecule has 82 valence electrons. The topological polar surface area (TPSA) is 12.0 Å². The molecule has 1 nitrogen and oxygen atoms in total. The van der Waals surface area contributed by atoms with Crippen LogP contribution in [0.25, 0.3) is 0 Å². The summed E-state index contributed by atoms with van der Waals surface area (Å²) >= 11 is 0. The summed E-state index contributed by atoms with van der Waals surface area (Å²) in [5.74, 6) is 0. The quantitative estimate of drug-likeness (QED) is 0.811. The average molecular weight is 211 g/mol. The van der Waals surface area contributed by atoms with Crippen molar-refractivity contribution in [1.29, 1.82) is 0 Å². The van der Waals surface area contributed by atoms with Gasteiger partial charge in [-0.05, 0) is 42.7 Å². The molecule has 1 heteroatoms. The van der Waals surface area contributed by atoms with Gasteiger partial charge in [-0.3, -0.25) is 0 Å². The maximum Gasteiger partial charge on any atom is 0.0403 e. The lowest BCUT2D eigenvalue weighted by Crippen LogP contribution is -2.01. The van der Waals surface area contributed by atoms with Crippen LogP contribution in [0.5, 0.6) is 0 Å². The molecule has 0 spiro atoms. The molecule has 0 aliphatic heterocycles. The van der Waals surface area contributed by atoms with Crippen LogP contribution in [0.15, 0.2) is 48.5 Å². The van der Waals surface area contributed by atoms with Gasteiger partial charge in [0.1, 0.15) is 0 Å². The van der Waals surface area contributed by atoms with Crippen LogP contribution in [0.3, 0.4) is 0 Å². The summed E-state index contributed by atoms with van der Waals surface area (Å²) in [4.78, 5) is 0. The van der Waals surface area contributed by atoms with Crippen molar-refractivity contribution in [1.82, 2.24) is 0 Å². The van der Waals surface area contributed by atoms with Crippen LogP contribution in [-0.2, 0) is 6.54 Å². The fraction of sp³-hybridized carbons (Fsp3) is 0.200. The highest BCUT2D eigenvalue weighted by Crippen LogP contribution is 2.14. The molecular weight excluding hydrogens is 194 g/mol. The van der Waals surface area contributed by atoms with Crippen LogP contribution in [0.1, 0.15) is 16.7 Å². The molecule has 0 unspecified atom stereocenters. The van der Waals surface area contributed by atoms with Crippen LogP contribution in [0.4, 0.5) is 5.69 Å². The number of aryl methyl sites for hydroxylation is 1. The van der Waals surface area contributed by atoms with Crippen molar-refractivity contribution in [3.63, 3.8) is 0 Å². The van der Waals surface area contributed by atoms with Crippen molar-refractivity contribution in [2.45, 2.75) is 20.4 Å². The monoisotopic (exact) mass is 211 g/mol. The Morgan fingerprint density at radius 3 is 2.38 bits per heavy atom. The largest absolute Gasteiger partial charge is 0.381 e. The van der Waals surface area contributed by atoms with Crippen molar-refractivity contribution in [3.8, 4) is 0 Å². The van der Waals surface area contributed by atoms with Crippen LogP contribution >= 0.6 is 0 Å². The number of hydrogen-bond acceptors (Lipinski definition) is 1. The molecule has 0 atom stereocenters. The maximum absolute atomic E-state index is 3.43. The Morgan fingerprint density at radius 1 is 0.875 bits per heavy atom. The summed E-state index contributed by atoms with van der Waals surface area (Å²) in [5.41, 5.74) is 5.27. The number of para-hydroxylation sites is 1. The first-order chi connectivity index (χ1) is 7.77. The van der Waals surface area contributed by atoms with E-state index in [4.69, 9.17) is 0 Å². The van der Waals surface area contributed by atoms with Crippen LogP contribution < -0.4 is 5.32 Å². The molecule has 16 heavy (non-hydrogen) atoms. The van der Waals surface area contributed by atoms with E-state index in [1.807, 2.05) is 18.2 Å². The fourth-order valence-electron chi connectivity index (χ4n) is 1.76. The molecule has 0 radical (unpaired) electrons. The molecule has 1 N–H and O–H groups in total. The second-order valence-corrected chi connectivity index (χ2v) is 4.08. The number of benzene rings is 2. The van der Waals surface area contributed by atoms with Crippen LogP contribution in [-0.4, -0.2) is 0 Å². The molecule has 2 aromatic rings. The van der Waals surface area contributed by atoms with Crippen LogP contribution in [0, 0.1) is 13.8 Å². The minimum Gasteiger partial charge on any atom is -0.381 e. The van der Waals surface area contributed by atoms with Gasteiger partial charge in [-0.15, -0.1) is 0 Å². The van der Waals surface area contributed by atoms with Crippen molar-refractivity contribution >= 4 is 5.69 Å². The average Bonchev–Trinajstić information content (AvgIpc) is 2.32. The Morgan fingerprint density at radius 2 is 1.62 bits per heavy atom. The van der Waals surface area contributed by atoms with Crippen LogP contribution in [0.2, 0.25) is 0 Å². The second kappa shape index (κ2) is 4.84. The third-order valence-corrected chi connectivity index (χ3v) is 2.97. The van der Waals surface area contributed by atoms with Crippen molar-refractivity contribution < 1.29 is 0 Å². The molecule has 0 aromatic heterocycles. The van der Waals surface area contributed by atoms with Gasteiger partial charge in [-0.1, -0.05) is 36.4 Å². The van der Waals surface area contributed by atoms with Gasteiger partial charge in [0.25, 0.3) is 0 Å². The Bertz CT molecular complexity index is 460. The Kier molecular flexibility index (Phi) is 3.25. The SMILES string of the molecule is Cc1cccc(CNc2ccccc2)c1C. The van der Waals surface area contributed by atoms with Crippen molar-refractivity contribution in [2.75, 3.05) is 5.32 Å². The van der Waals surface area contributed by atoms with Gasteiger partial charge in [-0.2, -0.15) is 0 Å². The summed E-state index contributed by atoms with van der Waals surface area (Å²) in [6.07, 6.45) is 0. The smallest absolute Gasteiger partial charge is 0.0403 e. The molecular formula is C15H17N. The van der Waals surface area contributed by atoms with Gasteiger partial charge in [0.2, 0.25) is 0 Å². The number of nitrogens with one attached hydrogen (secondary N) is 1. The van der Waals surface area contributed by atoms with E-state index in [1.165, 1.54) is 22.4 Å². The highest BCUT2D eigenvalue weighted by atomic mass is 14.9. The second-order valence-electron chi connectivity index (χ2n) is 4.08. The third kappa shape index (κ3) is 2.43. The zero-order valence-corrected chi connectivity index (χ0v) is 9.83. The first-order valence-corrected chi connectivity index (χ1v) is 5.61. The molecule has 0 amide bonds. The molecule has 0 aliphatic rings. The van der Waals surface area contributed by atoms with Gasteiger partial charge in [0.05, 0.1) is 0 Å². The summed E-state index contributed by atoms with van der Waals surface area (Å²) < 4.78 is 0. The molecule has 2 aromatic carbocycles. The zero-order chi connectivity index (χ0) is 11.4. The Labute approximate surface area is 97.1 Å². The lowest BCUT2D eigenvalue weighted by Gasteiger charge is -2.10. The number of hydrogen-bond donors (Lipinski definition) is 1. The van der Waals surface area contributed by atoms with E-state index in [2.05, 4.69) is 49.5 Å². The summed E-state index contributed by atoms with van der Waals surface area (Å²) in [7, 11) is 0. The predicted octanol–water partition coefficient (Wildman–Crippen LogP) is 3.92. The zero-order valence-electron chi connectivity index (χ0n) is 9.83. The Hall–Kier alpha value is -1.76. The van der Waals surface area contributed by atoms with E-state index < -0.39 is 0 Å².